The van der Waals surface area contributed by atoms with Crippen LogP contribution < -0.4 is 5.32 Å². The number of nitrogens with zero attached hydrogens (tertiary/aromatic N) is 1. The highest BCUT2D eigenvalue weighted by Crippen LogP contribution is 2.30. The van der Waals surface area contributed by atoms with Gasteiger partial charge in [0.1, 0.15) is 10.8 Å². The van der Waals surface area contributed by atoms with Crippen molar-refractivity contribution in [1.82, 2.24) is 10.3 Å². The predicted octanol–water partition coefficient (Wildman–Crippen LogP) is 5.15. The Bertz CT molecular complexity index is 939. The minimum absolute atomic E-state index is 0.0964. The van der Waals surface area contributed by atoms with Gasteiger partial charge < -0.3 is 5.32 Å². The van der Waals surface area contributed by atoms with Crippen molar-refractivity contribution in [2.24, 2.45) is 0 Å². The Morgan fingerprint density at radius 3 is 2.72 bits per heavy atom. The number of aryl methyl sites for hydroxylation is 2. The number of hydrogen-bond donors (Lipinski definition) is 1. The van der Waals surface area contributed by atoms with Crippen LogP contribution in [0.5, 0.6) is 0 Å². The molecule has 1 N–H and O–H groups in total. The SMILES string of the molecule is Cc1ccccc1-c1nc(C)c(CNC(=O)c2ccc(F)cc2Cl)s1. The third-order valence-electron chi connectivity index (χ3n) is 3.85. The van der Waals surface area contributed by atoms with Gasteiger partial charge in [0.2, 0.25) is 0 Å². The maximum Gasteiger partial charge on any atom is 0.253 e. The summed E-state index contributed by atoms with van der Waals surface area (Å²) < 4.78 is 13.1. The first-order chi connectivity index (χ1) is 12.0. The van der Waals surface area contributed by atoms with E-state index in [1.165, 1.54) is 12.1 Å². The van der Waals surface area contributed by atoms with Crippen LogP contribution >= 0.6 is 22.9 Å². The fraction of sp³-hybridized carbons (Fsp3) is 0.158. The maximum absolute atomic E-state index is 13.1. The number of rotatable bonds is 4. The number of nitrogens with one attached hydrogen (secondary N) is 1. The number of thiazole rings is 1. The van der Waals surface area contributed by atoms with Crippen molar-refractivity contribution in [2.75, 3.05) is 0 Å². The molecular formula is C19H16ClFN2OS. The molecule has 3 aromatic rings. The summed E-state index contributed by atoms with van der Waals surface area (Å²) in [5.74, 6) is -0.807. The lowest BCUT2D eigenvalue weighted by molar-refractivity contribution is 0.0951. The van der Waals surface area contributed by atoms with Crippen LogP contribution in [-0.2, 0) is 6.54 Å². The van der Waals surface area contributed by atoms with E-state index in [-0.39, 0.29) is 16.5 Å². The van der Waals surface area contributed by atoms with Gasteiger partial charge in [-0.15, -0.1) is 11.3 Å². The van der Waals surface area contributed by atoms with Gasteiger partial charge in [0.05, 0.1) is 22.8 Å². The van der Waals surface area contributed by atoms with Crippen molar-refractivity contribution in [1.29, 1.82) is 0 Å². The van der Waals surface area contributed by atoms with Gasteiger partial charge in [0.25, 0.3) is 5.91 Å². The molecule has 2 aromatic carbocycles. The Morgan fingerprint density at radius 2 is 2.00 bits per heavy atom. The van der Waals surface area contributed by atoms with E-state index in [0.29, 0.717) is 6.54 Å². The molecule has 1 amide bonds. The molecule has 25 heavy (non-hydrogen) atoms. The summed E-state index contributed by atoms with van der Waals surface area (Å²) >= 11 is 7.48. The molecule has 0 aliphatic carbocycles. The van der Waals surface area contributed by atoms with Crippen LogP contribution in [0.2, 0.25) is 5.02 Å². The van der Waals surface area contributed by atoms with Crippen molar-refractivity contribution >= 4 is 28.8 Å². The Morgan fingerprint density at radius 1 is 1.24 bits per heavy atom. The molecule has 128 valence electrons. The summed E-state index contributed by atoms with van der Waals surface area (Å²) in [5.41, 5.74) is 3.39. The summed E-state index contributed by atoms with van der Waals surface area (Å²) in [6.07, 6.45) is 0. The molecule has 3 nitrogen and oxygen atoms in total. The van der Waals surface area contributed by atoms with Gasteiger partial charge in [-0.05, 0) is 37.6 Å². The van der Waals surface area contributed by atoms with Gasteiger partial charge in [-0.3, -0.25) is 4.79 Å². The molecule has 0 atom stereocenters. The van der Waals surface area contributed by atoms with Crippen LogP contribution in [-0.4, -0.2) is 10.9 Å². The zero-order chi connectivity index (χ0) is 18.0. The molecule has 0 saturated carbocycles. The summed E-state index contributed by atoms with van der Waals surface area (Å²) in [6.45, 7) is 4.32. The Hall–Kier alpha value is -2.24. The highest BCUT2D eigenvalue weighted by atomic mass is 35.5. The number of amides is 1. The van der Waals surface area contributed by atoms with E-state index in [0.717, 1.165) is 32.8 Å². The van der Waals surface area contributed by atoms with Crippen molar-refractivity contribution in [3.05, 3.63) is 75.0 Å². The summed E-state index contributed by atoms with van der Waals surface area (Å²) in [5, 5.41) is 3.85. The lowest BCUT2D eigenvalue weighted by Gasteiger charge is -2.06. The molecule has 0 unspecified atom stereocenters. The lowest BCUT2D eigenvalue weighted by atomic mass is 10.1. The largest absolute Gasteiger partial charge is 0.347 e. The molecule has 0 spiro atoms. The van der Waals surface area contributed by atoms with E-state index in [9.17, 15) is 9.18 Å². The molecule has 0 saturated heterocycles. The van der Waals surface area contributed by atoms with Crippen LogP contribution in [0.4, 0.5) is 4.39 Å². The minimum atomic E-state index is -0.470. The first-order valence-electron chi connectivity index (χ1n) is 7.71. The summed E-state index contributed by atoms with van der Waals surface area (Å²) in [7, 11) is 0. The molecule has 3 rings (SSSR count). The second kappa shape index (κ2) is 7.33. The van der Waals surface area contributed by atoms with Crippen molar-refractivity contribution in [3.63, 3.8) is 0 Å². The highest BCUT2D eigenvalue weighted by molar-refractivity contribution is 7.15. The first-order valence-corrected chi connectivity index (χ1v) is 8.90. The van der Waals surface area contributed by atoms with Crippen LogP contribution in [0.3, 0.4) is 0 Å². The van der Waals surface area contributed by atoms with Crippen molar-refractivity contribution in [2.45, 2.75) is 20.4 Å². The van der Waals surface area contributed by atoms with Gasteiger partial charge >= 0.3 is 0 Å². The van der Waals surface area contributed by atoms with Crippen LogP contribution in [0, 0.1) is 19.7 Å². The molecule has 0 radical (unpaired) electrons. The van der Waals surface area contributed by atoms with E-state index < -0.39 is 5.82 Å². The zero-order valence-corrected chi connectivity index (χ0v) is 15.3. The minimum Gasteiger partial charge on any atom is -0.347 e. The van der Waals surface area contributed by atoms with E-state index in [2.05, 4.69) is 10.3 Å². The fourth-order valence-electron chi connectivity index (χ4n) is 2.45. The number of aromatic nitrogens is 1. The van der Waals surface area contributed by atoms with E-state index >= 15 is 0 Å². The van der Waals surface area contributed by atoms with E-state index in [1.807, 2.05) is 38.1 Å². The summed E-state index contributed by atoms with van der Waals surface area (Å²) in [6, 6.07) is 11.8. The van der Waals surface area contributed by atoms with E-state index in [1.54, 1.807) is 11.3 Å². The monoisotopic (exact) mass is 374 g/mol. The molecule has 0 fully saturated rings. The second-order valence-corrected chi connectivity index (χ2v) is 7.14. The first kappa shape index (κ1) is 17.6. The lowest BCUT2D eigenvalue weighted by Crippen LogP contribution is -2.23. The summed E-state index contributed by atoms with van der Waals surface area (Å²) in [4.78, 5) is 17.8. The molecule has 6 heteroatoms. The fourth-order valence-corrected chi connectivity index (χ4v) is 3.80. The smallest absolute Gasteiger partial charge is 0.253 e. The van der Waals surface area contributed by atoms with Gasteiger partial charge in [0.15, 0.2) is 0 Å². The van der Waals surface area contributed by atoms with E-state index in [4.69, 9.17) is 11.6 Å². The zero-order valence-electron chi connectivity index (χ0n) is 13.8. The molecule has 0 aliphatic heterocycles. The standard InChI is InChI=1S/C19H16ClFN2OS/c1-11-5-3-4-6-14(11)19-23-12(2)17(25-19)10-22-18(24)15-8-7-13(21)9-16(15)20/h3-9H,10H2,1-2H3,(H,22,24). The Kier molecular flexibility index (Phi) is 5.16. The molecular weight excluding hydrogens is 359 g/mol. The van der Waals surface area contributed by atoms with Crippen LogP contribution in [0.25, 0.3) is 10.6 Å². The van der Waals surface area contributed by atoms with Gasteiger partial charge in [-0.25, -0.2) is 9.37 Å². The Balaban J connectivity index is 1.76. The average Bonchev–Trinajstić information content (AvgIpc) is 2.94. The molecule has 1 aromatic heterocycles. The number of halogens is 2. The number of carbonyl (C=O) groups is 1. The molecule has 0 aliphatic rings. The van der Waals surface area contributed by atoms with Gasteiger partial charge in [-0.1, -0.05) is 35.9 Å². The van der Waals surface area contributed by atoms with Crippen molar-refractivity contribution < 1.29 is 9.18 Å². The topological polar surface area (TPSA) is 42.0 Å². The van der Waals surface area contributed by atoms with Crippen molar-refractivity contribution in [3.8, 4) is 10.6 Å². The third-order valence-corrected chi connectivity index (χ3v) is 5.36. The normalized spacial score (nSPS) is 10.7. The predicted molar refractivity (Wildman–Crippen MR) is 99.6 cm³/mol. The van der Waals surface area contributed by atoms with Gasteiger partial charge in [0, 0.05) is 10.4 Å². The Labute approximate surface area is 154 Å². The molecule has 1 heterocycles. The van der Waals surface area contributed by atoms with Crippen LogP contribution in [0.1, 0.15) is 26.5 Å². The third kappa shape index (κ3) is 3.89. The second-order valence-electron chi connectivity index (χ2n) is 5.65. The maximum atomic E-state index is 13.1. The van der Waals surface area contributed by atoms with Gasteiger partial charge in [-0.2, -0.15) is 0 Å². The quantitative estimate of drug-likeness (QED) is 0.686. The molecule has 0 bridgehead atoms. The number of benzene rings is 2. The average molecular weight is 375 g/mol. The number of carbonyl (C=O) groups excluding carboxylic acids is 1. The highest BCUT2D eigenvalue weighted by Gasteiger charge is 2.14. The number of hydrogen-bond acceptors (Lipinski definition) is 3. The van der Waals surface area contributed by atoms with Crippen LogP contribution in [0.15, 0.2) is 42.5 Å².